The first-order chi connectivity index (χ1) is 12.4. The first-order valence-corrected chi connectivity index (χ1v) is 8.48. The molecule has 0 bridgehead atoms. The molecule has 0 aliphatic heterocycles. The van der Waals surface area contributed by atoms with Gasteiger partial charge in [-0.05, 0) is 17.7 Å². The number of benzene rings is 2. The van der Waals surface area contributed by atoms with Crippen LogP contribution in [0.4, 0.5) is 0 Å². The number of aromatic nitrogens is 3. The Balaban J connectivity index is 1.53. The first-order valence-electron chi connectivity index (χ1n) is 8.48. The van der Waals surface area contributed by atoms with Crippen LogP contribution in [0.25, 0.3) is 11.3 Å². The predicted molar refractivity (Wildman–Crippen MR) is 99.0 cm³/mol. The van der Waals surface area contributed by atoms with E-state index in [1.807, 2.05) is 12.1 Å². The van der Waals surface area contributed by atoms with Crippen LogP contribution in [0.5, 0.6) is 0 Å². The van der Waals surface area contributed by atoms with Crippen molar-refractivity contribution in [2.75, 3.05) is 0 Å². The lowest BCUT2D eigenvalue weighted by atomic mass is 10.1. The molecule has 0 unspecified atom stereocenters. The molecule has 0 amide bonds. The monoisotopic (exact) mass is 326 g/mol. The molecule has 1 N–H and O–H groups in total. The molecule has 0 saturated carbocycles. The summed E-state index contributed by atoms with van der Waals surface area (Å²) in [4.78, 5) is 0. The summed E-state index contributed by atoms with van der Waals surface area (Å²) in [5.74, 6) is 0. The lowest BCUT2D eigenvalue weighted by Crippen LogP contribution is -2.33. The van der Waals surface area contributed by atoms with Crippen molar-refractivity contribution in [3.63, 3.8) is 0 Å². The number of pyridine rings is 1. The largest absolute Gasteiger partial charge is 0.277 e. The fraction of sp³-hybridized carbons (Fsp3) is 0.0909. The minimum atomic E-state index is 0.841. The zero-order chi connectivity index (χ0) is 16.9. The standard InChI is InChI=1S/C22H20N3/c1-3-8-18(9-4-1)14-21-15-22(24-23-21)20-12-7-13-25(17-20)16-19-10-5-2-6-11-19/h1-13,15,17H,14,16H2,(H,23,24)/q+1. The van der Waals surface area contributed by atoms with Gasteiger partial charge in [-0.2, -0.15) is 5.10 Å². The molecule has 122 valence electrons. The Morgan fingerprint density at radius 3 is 2.28 bits per heavy atom. The molecule has 2 aromatic carbocycles. The first kappa shape index (κ1) is 15.3. The highest BCUT2D eigenvalue weighted by molar-refractivity contribution is 5.57. The van der Waals surface area contributed by atoms with Gasteiger partial charge in [0.2, 0.25) is 0 Å². The Morgan fingerprint density at radius 1 is 0.800 bits per heavy atom. The number of nitrogens with one attached hydrogen (secondary N) is 1. The van der Waals surface area contributed by atoms with Crippen LogP contribution in [0, 0.1) is 0 Å². The highest BCUT2D eigenvalue weighted by Gasteiger charge is 2.09. The van der Waals surface area contributed by atoms with Crippen molar-refractivity contribution >= 4 is 0 Å². The molecule has 0 aliphatic rings. The van der Waals surface area contributed by atoms with E-state index in [9.17, 15) is 0 Å². The number of hydrogen-bond donors (Lipinski definition) is 1. The third kappa shape index (κ3) is 3.83. The van der Waals surface area contributed by atoms with Crippen molar-refractivity contribution in [3.8, 4) is 11.3 Å². The zero-order valence-corrected chi connectivity index (χ0v) is 14.0. The summed E-state index contributed by atoms with van der Waals surface area (Å²) in [5, 5.41) is 7.64. The van der Waals surface area contributed by atoms with E-state index in [0.717, 1.165) is 29.9 Å². The molecule has 4 rings (SSSR count). The van der Waals surface area contributed by atoms with Gasteiger partial charge in [-0.25, -0.2) is 4.57 Å². The topological polar surface area (TPSA) is 32.6 Å². The molecule has 3 heteroatoms. The van der Waals surface area contributed by atoms with Crippen LogP contribution in [-0.4, -0.2) is 10.2 Å². The normalized spacial score (nSPS) is 10.7. The second-order valence-corrected chi connectivity index (χ2v) is 6.19. The van der Waals surface area contributed by atoms with Crippen molar-refractivity contribution in [2.24, 2.45) is 0 Å². The summed E-state index contributed by atoms with van der Waals surface area (Å²) in [7, 11) is 0. The molecule has 3 nitrogen and oxygen atoms in total. The Bertz CT molecular complexity index is 943. The summed E-state index contributed by atoms with van der Waals surface area (Å²) in [6.45, 7) is 0.861. The second kappa shape index (κ2) is 7.14. The van der Waals surface area contributed by atoms with E-state index in [1.165, 1.54) is 11.1 Å². The quantitative estimate of drug-likeness (QED) is 0.552. The van der Waals surface area contributed by atoms with Crippen molar-refractivity contribution in [1.29, 1.82) is 0 Å². The Labute approximate surface area is 147 Å². The van der Waals surface area contributed by atoms with Gasteiger partial charge in [0.15, 0.2) is 18.9 Å². The average molecular weight is 326 g/mol. The highest BCUT2D eigenvalue weighted by atomic mass is 15.1. The van der Waals surface area contributed by atoms with Gasteiger partial charge in [0.25, 0.3) is 0 Å². The fourth-order valence-electron chi connectivity index (χ4n) is 2.98. The van der Waals surface area contributed by atoms with Crippen LogP contribution in [-0.2, 0) is 13.0 Å². The average Bonchev–Trinajstić information content (AvgIpc) is 3.12. The van der Waals surface area contributed by atoms with E-state index in [0.29, 0.717) is 0 Å². The van der Waals surface area contributed by atoms with Crippen LogP contribution >= 0.6 is 0 Å². The molecule has 0 atom stereocenters. The van der Waals surface area contributed by atoms with Gasteiger partial charge in [-0.15, -0.1) is 0 Å². The molecular weight excluding hydrogens is 306 g/mol. The van der Waals surface area contributed by atoms with Gasteiger partial charge in [-0.3, -0.25) is 5.10 Å². The Kier molecular flexibility index (Phi) is 4.38. The van der Waals surface area contributed by atoms with E-state index in [2.05, 4.69) is 93.9 Å². The van der Waals surface area contributed by atoms with Crippen molar-refractivity contribution < 1.29 is 4.57 Å². The molecular formula is C22H20N3+. The van der Waals surface area contributed by atoms with Crippen LogP contribution < -0.4 is 4.57 Å². The fourth-order valence-corrected chi connectivity index (χ4v) is 2.98. The Hall–Kier alpha value is -3.20. The molecule has 4 aromatic rings. The van der Waals surface area contributed by atoms with Crippen LogP contribution in [0.3, 0.4) is 0 Å². The van der Waals surface area contributed by atoms with E-state index in [-0.39, 0.29) is 0 Å². The molecule has 0 saturated heterocycles. The Morgan fingerprint density at radius 2 is 1.52 bits per heavy atom. The van der Waals surface area contributed by atoms with Crippen molar-refractivity contribution in [3.05, 3.63) is 108 Å². The van der Waals surface area contributed by atoms with E-state index in [1.54, 1.807) is 0 Å². The van der Waals surface area contributed by atoms with Gasteiger partial charge in [-0.1, -0.05) is 60.7 Å². The number of hydrogen-bond acceptors (Lipinski definition) is 1. The maximum atomic E-state index is 4.47. The summed E-state index contributed by atoms with van der Waals surface area (Å²) in [6, 6.07) is 27.2. The second-order valence-electron chi connectivity index (χ2n) is 6.19. The predicted octanol–water partition coefficient (Wildman–Crippen LogP) is 4.00. The van der Waals surface area contributed by atoms with E-state index < -0.39 is 0 Å². The zero-order valence-electron chi connectivity index (χ0n) is 14.0. The van der Waals surface area contributed by atoms with Gasteiger partial charge in [0.05, 0.1) is 17.0 Å². The minimum absolute atomic E-state index is 0.841. The van der Waals surface area contributed by atoms with Crippen LogP contribution in [0.1, 0.15) is 16.8 Å². The molecule has 2 heterocycles. The summed E-state index contributed by atoms with van der Waals surface area (Å²) in [6.07, 6.45) is 5.10. The molecule has 0 spiro atoms. The highest BCUT2D eigenvalue weighted by Crippen LogP contribution is 2.17. The summed E-state index contributed by atoms with van der Waals surface area (Å²) in [5.41, 5.74) is 5.81. The number of nitrogens with zero attached hydrogens (tertiary/aromatic N) is 2. The summed E-state index contributed by atoms with van der Waals surface area (Å²) < 4.78 is 2.20. The number of H-pyrrole nitrogens is 1. The van der Waals surface area contributed by atoms with Crippen LogP contribution in [0.15, 0.2) is 91.3 Å². The third-order valence-corrected chi connectivity index (χ3v) is 4.24. The third-order valence-electron chi connectivity index (χ3n) is 4.24. The molecule has 0 aliphatic carbocycles. The number of aromatic amines is 1. The van der Waals surface area contributed by atoms with Gasteiger partial charge in [0, 0.05) is 18.1 Å². The molecule has 0 radical (unpaired) electrons. The van der Waals surface area contributed by atoms with Crippen molar-refractivity contribution in [2.45, 2.75) is 13.0 Å². The minimum Gasteiger partial charge on any atom is -0.277 e. The van der Waals surface area contributed by atoms with Crippen molar-refractivity contribution in [1.82, 2.24) is 10.2 Å². The smallest absolute Gasteiger partial charge is 0.178 e. The molecule has 25 heavy (non-hydrogen) atoms. The maximum Gasteiger partial charge on any atom is 0.178 e. The van der Waals surface area contributed by atoms with E-state index >= 15 is 0 Å². The molecule has 2 aromatic heterocycles. The summed E-state index contributed by atoms with van der Waals surface area (Å²) >= 11 is 0. The van der Waals surface area contributed by atoms with Gasteiger partial charge in [0.1, 0.15) is 0 Å². The maximum absolute atomic E-state index is 4.47. The molecule has 0 fully saturated rings. The lowest BCUT2D eigenvalue weighted by molar-refractivity contribution is -0.687. The van der Waals surface area contributed by atoms with E-state index in [4.69, 9.17) is 0 Å². The van der Waals surface area contributed by atoms with Gasteiger partial charge < -0.3 is 0 Å². The van der Waals surface area contributed by atoms with Gasteiger partial charge >= 0.3 is 0 Å². The SMILES string of the molecule is c1ccc(Cc2cc(-c3ccc[n+](Cc4ccccc4)c3)[nH]n2)cc1. The number of rotatable bonds is 5. The lowest BCUT2D eigenvalue weighted by Gasteiger charge is -2.00. The van der Waals surface area contributed by atoms with Crippen LogP contribution in [0.2, 0.25) is 0 Å².